The Kier molecular flexibility index (Phi) is 4.60. The molecule has 26 heavy (non-hydrogen) atoms. The number of ether oxygens (including phenoxy) is 2. The summed E-state index contributed by atoms with van der Waals surface area (Å²) >= 11 is 1.46. The third kappa shape index (κ3) is 3.42. The summed E-state index contributed by atoms with van der Waals surface area (Å²) in [6.45, 7) is 3.76. The number of para-hydroxylation sites is 2. The zero-order chi connectivity index (χ0) is 18.1. The van der Waals surface area contributed by atoms with Crippen molar-refractivity contribution in [2.24, 2.45) is 0 Å². The van der Waals surface area contributed by atoms with Crippen LogP contribution in [0.25, 0.3) is 4.96 Å². The molecule has 0 saturated heterocycles. The number of hydrogen-bond donors (Lipinski definition) is 0. The second-order valence-electron chi connectivity index (χ2n) is 6.32. The van der Waals surface area contributed by atoms with E-state index in [0.29, 0.717) is 24.7 Å². The fraction of sp³-hybridized carbons (Fsp3) is 0.389. The van der Waals surface area contributed by atoms with E-state index in [4.69, 9.17) is 9.47 Å². The Morgan fingerprint density at radius 2 is 2.15 bits per heavy atom. The molecule has 8 heteroatoms. The standard InChI is InChI=1S/C18H20N4O3S/c1-3-16-20-22-17(23)8-12(19-18(22)26-16)9-21(2)10-13-11-24-14-6-4-5-7-15(14)25-13/h4-8,13H,3,9-11H2,1-2H3/t13-/m0/s1. The Morgan fingerprint density at radius 1 is 1.35 bits per heavy atom. The van der Waals surface area contributed by atoms with Crippen LogP contribution in [-0.4, -0.2) is 45.8 Å². The molecule has 0 amide bonds. The van der Waals surface area contributed by atoms with Gasteiger partial charge < -0.3 is 9.47 Å². The van der Waals surface area contributed by atoms with Crippen molar-refractivity contribution < 1.29 is 9.47 Å². The van der Waals surface area contributed by atoms with Crippen LogP contribution in [0.3, 0.4) is 0 Å². The Labute approximate surface area is 154 Å². The van der Waals surface area contributed by atoms with Gasteiger partial charge in [0.05, 0.1) is 5.69 Å². The van der Waals surface area contributed by atoms with Gasteiger partial charge in [0.15, 0.2) is 11.5 Å². The highest BCUT2D eigenvalue weighted by molar-refractivity contribution is 7.16. The highest BCUT2D eigenvalue weighted by Gasteiger charge is 2.22. The zero-order valence-electron chi connectivity index (χ0n) is 14.7. The van der Waals surface area contributed by atoms with E-state index in [1.54, 1.807) is 6.07 Å². The van der Waals surface area contributed by atoms with Crippen molar-refractivity contribution in [1.82, 2.24) is 19.5 Å². The molecule has 0 saturated carbocycles. The summed E-state index contributed by atoms with van der Waals surface area (Å²) < 4.78 is 13.1. The number of rotatable bonds is 5. The minimum Gasteiger partial charge on any atom is -0.486 e. The first-order valence-electron chi connectivity index (χ1n) is 8.58. The summed E-state index contributed by atoms with van der Waals surface area (Å²) in [5, 5.41) is 5.18. The largest absolute Gasteiger partial charge is 0.486 e. The van der Waals surface area contributed by atoms with Gasteiger partial charge in [-0.3, -0.25) is 9.69 Å². The maximum Gasteiger partial charge on any atom is 0.275 e. The summed E-state index contributed by atoms with van der Waals surface area (Å²) in [5.41, 5.74) is 0.599. The number of hydrogen-bond acceptors (Lipinski definition) is 7. The summed E-state index contributed by atoms with van der Waals surface area (Å²) in [5.74, 6) is 1.55. The highest BCUT2D eigenvalue weighted by Crippen LogP contribution is 2.31. The van der Waals surface area contributed by atoms with Crippen LogP contribution in [-0.2, 0) is 13.0 Å². The molecule has 0 unspecified atom stereocenters. The molecule has 1 atom stereocenters. The molecule has 3 aromatic rings. The molecule has 1 aliphatic heterocycles. The van der Waals surface area contributed by atoms with Crippen LogP contribution in [0, 0.1) is 0 Å². The van der Waals surface area contributed by atoms with Gasteiger partial charge in [-0.25, -0.2) is 4.98 Å². The SMILES string of the molecule is CCc1nn2c(=O)cc(CN(C)C[C@H]3COc4ccccc4O3)nc2s1. The molecular formula is C18H20N4O3S. The van der Waals surface area contributed by atoms with Gasteiger partial charge in [-0.05, 0) is 25.6 Å². The van der Waals surface area contributed by atoms with Crippen LogP contribution in [0.2, 0.25) is 0 Å². The Balaban J connectivity index is 1.44. The lowest BCUT2D eigenvalue weighted by molar-refractivity contribution is 0.0635. The molecule has 0 aliphatic carbocycles. The number of aryl methyl sites for hydroxylation is 1. The molecule has 0 fully saturated rings. The van der Waals surface area contributed by atoms with Crippen molar-refractivity contribution in [3.8, 4) is 11.5 Å². The van der Waals surface area contributed by atoms with Crippen LogP contribution in [0.1, 0.15) is 17.6 Å². The minimum absolute atomic E-state index is 0.0603. The molecule has 1 aromatic carbocycles. The maximum atomic E-state index is 12.2. The van der Waals surface area contributed by atoms with Gasteiger partial charge in [-0.15, -0.1) is 0 Å². The predicted molar refractivity (Wildman–Crippen MR) is 99.2 cm³/mol. The van der Waals surface area contributed by atoms with Gasteiger partial charge in [-0.1, -0.05) is 30.4 Å². The molecule has 2 aromatic heterocycles. The van der Waals surface area contributed by atoms with Crippen molar-refractivity contribution >= 4 is 16.3 Å². The topological polar surface area (TPSA) is 69.0 Å². The van der Waals surface area contributed by atoms with E-state index in [1.807, 2.05) is 38.2 Å². The Hall–Kier alpha value is -2.45. The number of benzene rings is 1. The monoisotopic (exact) mass is 372 g/mol. The third-order valence-electron chi connectivity index (χ3n) is 4.16. The molecule has 136 valence electrons. The third-order valence-corrected chi connectivity index (χ3v) is 5.21. The van der Waals surface area contributed by atoms with E-state index in [0.717, 1.165) is 28.6 Å². The number of likely N-dealkylation sites (N-methyl/N-ethyl adjacent to an activating group) is 1. The van der Waals surface area contributed by atoms with Crippen molar-refractivity contribution in [1.29, 1.82) is 0 Å². The van der Waals surface area contributed by atoms with Crippen LogP contribution < -0.4 is 15.0 Å². The van der Waals surface area contributed by atoms with Gasteiger partial charge in [-0.2, -0.15) is 9.61 Å². The van der Waals surface area contributed by atoms with Crippen molar-refractivity contribution in [2.75, 3.05) is 20.2 Å². The number of nitrogens with zero attached hydrogens (tertiary/aromatic N) is 4. The van der Waals surface area contributed by atoms with Crippen LogP contribution >= 0.6 is 11.3 Å². The van der Waals surface area contributed by atoms with Crippen LogP contribution in [0.5, 0.6) is 11.5 Å². The molecule has 0 spiro atoms. The van der Waals surface area contributed by atoms with Gasteiger partial charge in [0, 0.05) is 19.2 Å². The summed E-state index contributed by atoms with van der Waals surface area (Å²) in [6, 6.07) is 9.23. The second kappa shape index (κ2) is 7.05. The lowest BCUT2D eigenvalue weighted by Gasteiger charge is -2.29. The van der Waals surface area contributed by atoms with Gasteiger partial charge in [0.2, 0.25) is 4.96 Å². The Bertz CT molecular complexity index is 984. The first-order valence-corrected chi connectivity index (χ1v) is 9.39. The molecule has 0 N–H and O–H groups in total. The van der Waals surface area contributed by atoms with E-state index in [-0.39, 0.29) is 11.7 Å². The summed E-state index contributed by atoms with van der Waals surface area (Å²) in [6.07, 6.45) is 0.734. The second-order valence-corrected chi connectivity index (χ2v) is 7.36. The van der Waals surface area contributed by atoms with E-state index in [1.165, 1.54) is 15.9 Å². The van der Waals surface area contributed by atoms with Gasteiger partial charge in [0.25, 0.3) is 5.56 Å². The molecule has 0 radical (unpaired) electrons. The maximum absolute atomic E-state index is 12.2. The van der Waals surface area contributed by atoms with E-state index in [2.05, 4.69) is 15.0 Å². The lowest BCUT2D eigenvalue weighted by Crippen LogP contribution is -2.39. The zero-order valence-corrected chi connectivity index (χ0v) is 15.5. The Morgan fingerprint density at radius 3 is 2.96 bits per heavy atom. The van der Waals surface area contributed by atoms with E-state index in [9.17, 15) is 4.79 Å². The van der Waals surface area contributed by atoms with E-state index >= 15 is 0 Å². The summed E-state index contributed by atoms with van der Waals surface area (Å²) in [7, 11) is 1.98. The van der Waals surface area contributed by atoms with Crippen molar-refractivity contribution in [3.05, 3.63) is 51.4 Å². The highest BCUT2D eigenvalue weighted by atomic mass is 32.1. The first-order chi connectivity index (χ1) is 12.6. The molecule has 1 aliphatic rings. The van der Waals surface area contributed by atoms with Gasteiger partial charge in [0.1, 0.15) is 17.7 Å². The molecule has 7 nitrogen and oxygen atoms in total. The fourth-order valence-electron chi connectivity index (χ4n) is 2.96. The van der Waals surface area contributed by atoms with E-state index < -0.39 is 0 Å². The van der Waals surface area contributed by atoms with Gasteiger partial charge >= 0.3 is 0 Å². The quantitative estimate of drug-likeness (QED) is 0.682. The fourth-order valence-corrected chi connectivity index (χ4v) is 3.82. The minimum atomic E-state index is -0.138. The molecular weight excluding hydrogens is 352 g/mol. The molecule has 4 rings (SSSR count). The number of fused-ring (bicyclic) bond motifs is 2. The molecule has 3 heterocycles. The summed E-state index contributed by atoms with van der Waals surface area (Å²) in [4.78, 5) is 19.5. The average molecular weight is 372 g/mol. The van der Waals surface area contributed by atoms with Crippen molar-refractivity contribution in [3.63, 3.8) is 0 Å². The first kappa shape index (κ1) is 17.0. The van der Waals surface area contributed by atoms with Crippen LogP contribution in [0.4, 0.5) is 0 Å². The normalized spacial score (nSPS) is 16.3. The lowest BCUT2D eigenvalue weighted by atomic mass is 10.2. The average Bonchev–Trinajstić information content (AvgIpc) is 3.05. The van der Waals surface area contributed by atoms with Crippen molar-refractivity contribution in [2.45, 2.75) is 26.0 Å². The van der Waals surface area contributed by atoms with Crippen LogP contribution in [0.15, 0.2) is 35.1 Å². The number of aromatic nitrogens is 3. The molecule has 0 bridgehead atoms. The smallest absolute Gasteiger partial charge is 0.275 e. The predicted octanol–water partition coefficient (Wildman–Crippen LogP) is 1.99.